The summed E-state index contributed by atoms with van der Waals surface area (Å²) in [6.45, 7) is 4.81. The van der Waals surface area contributed by atoms with Crippen LogP contribution >= 0.6 is 11.6 Å². The maximum Gasteiger partial charge on any atom is 0.210 e. The molecule has 86 valence electrons. The molecule has 1 aliphatic heterocycles. The third-order valence-corrected chi connectivity index (χ3v) is 3.27. The van der Waals surface area contributed by atoms with E-state index < -0.39 is 0 Å². The van der Waals surface area contributed by atoms with Gasteiger partial charge in [0.2, 0.25) is 6.41 Å². The number of quaternary nitrogens is 1. The summed E-state index contributed by atoms with van der Waals surface area (Å²) in [6.07, 6.45) is 0.944. The lowest BCUT2D eigenvalue weighted by molar-refractivity contribution is -0.917. The molecule has 1 fully saturated rings. The number of rotatable bonds is 3. The number of halogens is 1. The topological polar surface area (TPSA) is 24.8 Å². The van der Waals surface area contributed by atoms with Crippen molar-refractivity contribution < 1.29 is 9.69 Å². The Bertz CT molecular complexity index is 345. The Labute approximate surface area is 101 Å². The third-order valence-electron chi connectivity index (χ3n) is 3.02. The van der Waals surface area contributed by atoms with E-state index in [-0.39, 0.29) is 0 Å². The number of hydrogen-bond acceptors (Lipinski definition) is 1. The van der Waals surface area contributed by atoms with Crippen LogP contribution < -0.4 is 4.90 Å². The highest BCUT2D eigenvalue weighted by atomic mass is 35.5. The van der Waals surface area contributed by atoms with Crippen molar-refractivity contribution in [3.63, 3.8) is 0 Å². The van der Waals surface area contributed by atoms with Crippen LogP contribution in [0.2, 0.25) is 5.02 Å². The van der Waals surface area contributed by atoms with Gasteiger partial charge in [-0.3, -0.25) is 4.79 Å². The van der Waals surface area contributed by atoms with Crippen LogP contribution in [0.4, 0.5) is 0 Å². The molecule has 0 unspecified atom stereocenters. The average Bonchev–Trinajstić information content (AvgIpc) is 2.33. The molecule has 0 aliphatic carbocycles. The summed E-state index contributed by atoms with van der Waals surface area (Å²) < 4.78 is 0. The number of piperazine rings is 1. The molecule has 0 aromatic heterocycles. The zero-order valence-electron chi connectivity index (χ0n) is 9.16. The second-order valence-electron chi connectivity index (χ2n) is 4.19. The van der Waals surface area contributed by atoms with Crippen LogP contribution in [-0.2, 0) is 11.3 Å². The summed E-state index contributed by atoms with van der Waals surface area (Å²) in [4.78, 5) is 13.9. The number of nitrogens with zero attached hydrogens (tertiary/aromatic N) is 1. The number of carbonyl (C=O) groups is 1. The van der Waals surface area contributed by atoms with Crippen molar-refractivity contribution >= 4 is 18.0 Å². The lowest BCUT2D eigenvalue weighted by Gasteiger charge is -2.29. The predicted molar refractivity (Wildman–Crippen MR) is 63.5 cm³/mol. The first-order valence-corrected chi connectivity index (χ1v) is 5.93. The van der Waals surface area contributed by atoms with Crippen molar-refractivity contribution in [1.29, 1.82) is 0 Å². The molecule has 0 atom stereocenters. The van der Waals surface area contributed by atoms with Gasteiger partial charge in [0.15, 0.2) is 0 Å². The average molecular weight is 240 g/mol. The highest BCUT2D eigenvalue weighted by Gasteiger charge is 2.18. The zero-order valence-corrected chi connectivity index (χ0v) is 9.91. The Morgan fingerprint density at radius 3 is 2.44 bits per heavy atom. The smallest absolute Gasteiger partial charge is 0.210 e. The van der Waals surface area contributed by atoms with Gasteiger partial charge >= 0.3 is 0 Å². The number of carbonyl (C=O) groups excluding carboxylic acids is 1. The van der Waals surface area contributed by atoms with Gasteiger partial charge in [-0.15, -0.1) is 0 Å². The second-order valence-corrected chi connectivity index (χ2v) is 4.63. The minimum Gasteiger partial charge on any atom is -0.334 e. The van der Waals surface area contributed by atoms with Gasteiger partial charge in [0, 0.05) is 10.6 Å². The minimum atomic E-state index is 0.782. The molecule has 1 aromatic carbocycles. The zero-order chi connectivity index (χ0) is 11.4. The van der Waals surface area contributed by atoms with Crippen molar-refractivity contribution in [2.24, 2.45) is 0 Å². The number of amides is 1. The fourth-order valence-electron chi connectivity index (χ4n) is 2.01. The van der Waals surface area contributed by atoms with Gasteiger partial charge in [-0.1, -0.05) is 23.7 Å². The monoisotopic (exact) mass is 239 g/mol. The highest BCUT2D eigenvalue weighted by molar-refractivity contribution is 6.30. The lowest BCUT2D eigenvalue weighted by Crippen LogP contribution is -3.13. The summed E-state index contributed by atoms with van der Waals surface area (Å²) in [6, 6.07) is 8.00. The molecule has 1 aliphatic rings. The molecule has 1 N–H and O–H groups in total. The molecule has 0 spiro atoms. The SMILES string of the molecule is O=CN1CC[NH+](Cc2ccc(Cl)cc2)CC1. The largest absolute Gasteiger partial charge is 0.334 e. The van der Waals surface area contributed by atoms with E-state index in [0.29, 0.717) is 0 Å². The van der Waals surface area contributed by atoms with E-state index >= 15 is 0 Å². The highest BCUT2D eigenvalue weighted by Crippen LogP contribution is 2.08. The third kappa shape index (κ3) is 2.97. The van der Waals surface area contributed by atoms with Crippen LogP contribution in [-0.4, -0.2) is 37.5 Å². The molecule has 1 saturated heterocycles. The molecule has 1 heterocycles. The Hall–Kier alpha value is -1.06. The van der Waals surface area contributed by atoms with Crippen LogP contribution in [0.1, 0.15) is 5.56 Å². The van der Waals surface area contributed by atoms with Gasteiger partial charge in [0.1, 0.15) is 6.54 Å². The maximum absolute atomic E-state index is 10.6. The first-order valence-electron chi connectivity index (χ1n) is 5.55. The number of hydrogen-bond donors (Lipinski definition) is 1. The Kier molecular flexibility index (Phi) is 3.80. The van der Waals surface area contributed by atoms with E-state index in [0.717, 1.165) is 44.2 Å². The van der Waals surface area contributed by atoms with Crippen molar-refractivity contribution in [2.45, 2.75) is 6.54 Å². The van der Waals surface area contributed by atoms with E-state index in [2.05, 4.69) is 12.1 Å². The fraction of sp³-hybridized carbons (Fsp3) is 0.417. The van der Waals surface area contributed by atoms with Crippen LogP contribution in [0.5, 0.6) is 0 Å². The summed E-state index contributed by atoms with van der Waals surface area (Å²) in [5.41, 5.74) is 1.30. The summed E-state index contributed by atoms with van der Waals surface area (Å²) in [5, 5.41) is 0.782. The molecule has 4 heteroatoms. The molecule has 1 amide bonds. The Morgan fingerprint density at radius 2 is 1.88 bits per heavy atom. The van der Waals surface area contributed by atoms with Crippen molar-refractivity contribution in [3.05, 3.63) is 34.9 Å². The van der Waals surface area contributed by atoms with Crippen molar-refractivity contribution in [2.75, 3.05) is 26.2 Å². The number of benzene rings is 1. The Morgan fingerprint density at radius 1 is 1.25 bits per heavy atom. The first kappa shape index (κ1) is 11.4. The van der Waals surface area contributed by atoms with E-state index in [9.17, 15) is 4.79 Å². The van der Waals surface area contributed by atoms with E-state index in [1.165, 1.54) is 10.5 Å². The van der Waals surface area contributed by atoms with Gasteiger partial charge in [-0.2, -0.15) is 0 Å². The van der Waals surface area contributed by atoms with Crippen molar-refractivity contribution in [3.8, 4) is 0 Å². The van der Waals surface area contributed by atoms with Crippen molar-refractivity contribution in [1.82, 2.24) is 4.90 Å². The molecule has 0 radical (unpaired) electrons. The van der Waals surface area contributed by atoms with E-state index in [1.807, 2.05) is 17.0 Å². The van der Waals surface area contributed by atoms with Crippen LogP contribution in [0.15, 0.2) is 24.3 Å². The van der Waals surface area contributed by atoms with Gasteiger partial charge in [-0.05, 0) is 12.1 Å². The molecule has 16 heavy (non-hydrogen) atoms. The predicted octanol–water partition coefficient (Wildman–Crippen LogP) is 0.197. The van der Waals surface area contributed by atoms with Gasteiger partial charge in [0.25, 0.3) is 0 Å². The van der Waals surface area contributed by atoms with Crippen LogP contribution in [0, 0.1) is 0 Å². The summed E-state index contributed by atoms with van der Waals surface area (Å²) >= 11 is 5.84. The molecule has 3 nitrogen and oxygen atoms in total. The van der Waals surface area contributed by atoms with E-state index in [4.69, 9.17) is 11.6 Å². The maximum atomic E-state index is 10.6. The normalized spacial score (nSPS) is 17.4. The van der Waals surface area contributed by atoms with Gasteiger partial charge < -0.3 is 9.80 Å². The first-order chi connectivity index (χ1) is 7.78. The lowest BCUT2D eigenvalue weighted by atomic mass is 10.2. The quantitative estimate of drug-likeness (QED) is 0.749. The van der Waals surface area contributed by atoms with Gasteiger partial charge in [-0.25, -0.2) is 0 Å². The molecular weight excluding hydrogens is 224 g/mol. The van der Waals surface area contributed by atoms with Gasteiger partial charge in [0.05, 0.1) is 26.2 Å². The summed E-state index contributed by atoms with van der Waals surface area (Å²) in [5.74, 6) is 0. The molecule has 0 saturated carbocycles. The summed E-state index contributed by atoms with van der Waals surface area (Å²) in [7, 11) is 0. The van der Waals surface area contributed by atoms with Crippen LogP contribution in [0.25, 0.3) is 0 Å². The van der Waals surface area contributed by atoms with E-state index in [1.54, 1.807) is 0 Å². The molecule has 1 aromatic rings. The minimum absolute atomic E-state index is 0.782. The fourth-order valence-corrected chi connectivity index (χ4v) is 2.14. The Balaban J connectivity index is 1.86. The second kappa shape index (κ2) is 5.32. The standard InChI is InChI=1S/C12H15ClN2O/c13-12-3-1-11(2-4-12)9-14-5-7-15(10-16)8-6-14/h1-4,10H,5-9H2/p+1. The number of nitrogens with one attached hydrogen (secondary N) is 1. The molecular formula is C12H16ClN2O+. The van der Waals surface area contributed by atoms with Crippen LogP contribution in [0.3, 0.4) is 0 Å². The molecule has 0 bridgehead atoms. The molecule has 2 rings (SSSR count).